The summed E-state index contributed by atoms with van der Waals surface area (Å²) in [4.78, 5) is 0. The smallest absolute Gasteiger partial charge is 0.127 e. The largest absolute Gasteiger partial charge is 0.457 e. The van der Waals surface area contributed by atoms with Crippen molar-refractivity contribution < 1.29 is 4.74 Å². The Morgan fingerprint density at radius 2 is 1.75 bits per heavy atom. The molecule has 0 aromatic heterocycles. The van der Waals surface area contributed by atoms with Crippen molar-refractivity contribution in [1.29, 1.82) is 0 Å². The topological polar surface area (TPSA) is 21.3 Å². The Bertz CT molecular complexity index is 534. The van der Waals surface area contributed by atoms with Gasteiger partial charge in [0.05, 0.1) is 0 Å². The number of ether oxygens (including phenoxy) is 1. The van der Waals surface area contributed by atoms with Crippen molar-refractivity contribution in [2.45, 2.75) is 27.3 Å². The minimum absolute atomic E-state index is 0.677. The minimum atomic E-state index is 0.677. The fourth-order valence-corrected chi connectivity index (χ4v) is 2.05. The maximum atomic E-state index is 5.84. The van der Waals surface area contributed by atoms with Gasteiger partial charge in [0.2, 0.25) is 0 Å². The van der Waals surface area contributed by atoms with Gasteiger partial charge in [0.15, 0.2) is 0 Å². The second-order valence-corrected chi connectivity index (χ2v) is 5.53. The van der Waals surface area contributed by atoms with Gasteiger partial charge in [-0.1, -0.05) is 38.1 Å². The molecule has 0 radical (unpaired) electrons. The second-order valence-electron chi connectivity index (χ2n) is 5.53. The maximum Gasteiger partial charge on any atom is 0.127 e. The summed E-state index contributed by atoms with van der Waals surface area (Å²) in [6.07, 6.45) is 0. The van der Waals surface area contributed by atoms with Gasteiger partial charge in [-0.2, -0.15) is 0 Å². The van der Waals surface area contributed by atoms with E-state index in [0.717, 1.165) is 24.6 Å². The van der Waals surface area contributed by atoms with Crippen LogP contribution in [0.25, 0.3) is 0 Å². The number of rotatable bonds is 6. The number of para-hydroxylation sites is 1. The molecule has 106 valence electrons. The van der Waals surface area contributed by atoms with Gasteiger partial charge in [0.1, 0.15) is 11.5 Å². The molecule has 2 aromatic rings. The Morgan fingerprint density at radius 1 is 1.00 bits per heavy atom. The Morgan fingerprint density at radius 3 is 2.40 bits per heavy atom. The SMILES string of the molecule is Cc1cc(Oc2ccccc2)ccc1CNCC(C)C. The number of benzene rings is 2. The van der Waals surface area contributed by atoms with Crippen LogP contribution in [0.3, 0.4) is 0 Å². The molecule has 0 atom stereocenters. The standard InChI is InChI=1S/C18H23NO/c1-14(2)12-19-13-16-9-10-18(11-15(16)3)20-17-7-5-4-6-8-17/h4-11,14,19H,12-13H2,1-3H3. The highest BCUT2D eigenvalue weighted by Crippen LogP contribution is 2.23. The van der Waals surface area contributed by atoms with E-state index >= 15 is 0 Å². The van der Waals surface area contributed by atoms with Crippen molar-refractivity contribution in [2.75, 3.05) is 6.54 Å². The van der Waals surface area contributed by atoms with Gasteiger partial charge in [-0.05, 0) is 54.8 Å². The van der Waals surface area contributed by atoms with Gasteiger partial charge >= 0.3 is 0 Å². The lowest BCUT2D eigenvalue weighted by atomic mass is 10.1. The van der Waals surface area contributed by atoms with Crippen LogP contribution in [0.2, 0.25) is 0 Å². The molecule has 0 aliphatic rings. The molecular formula is C18H23NO. The molecule has 2 heteroatoms. The minimum Gasteiger partial charge on any atom is -0.457 e. The first-order valence-corrected chi connectivity index (χ1v) is 7.18. The van der Waals surface area contributed by atoms with E-state index in [4.69, 9.17) is 4.74 Å². The van der Waals surface area contributed by atoms with Crippen LogP contribution in [-0.4, -0.2) is 6.54 Å². The molecule has 0 aliphatic carbocycles. The van der Waals surface area contributed by atoms with Crippen molar-refractivity contribution >= 4 is 0 Å². The van der Waals surface area contributed by atoms with E-state index in [0.29, 0.717) is 5.92 Å². The highest BCUT2D eigenvalue weighted by molar-refractivity contribution is 5.37. The zero-order valence-electron chi connectivity index (χ0n) is 12.5. The van der Waals surface area contributed by atoms with E-state index in [-0.39, 0.29) is 0 Å². The van der Waals surface area contributed by atoms with E-state index in [1.807, 2.05) is 36.4 Å². The molecule has 1 N–H and O–H groups in total. The van der Waals surface area contributed by atoms with Crippen LogP contribution < -0.4 is 10.1 Å². The lowest BCUT2D eigenvalue weighted by Gasteiger charge is -2.12. The molecule has 0 bridgehead atoms. The summed E-state index contributed by atoms with van der Waals surface area (Å²) >= 11 is 0. The molecule has 0 saturated carbocycles. The van der Waals surface area contributed by atoms with Gasteiger partial charge in [-0.15, -0.1) is 0 Å². The first-order chi connectivity index (χ1) is 9.65. The van der Waals surface area contributed by atoms with Crippen molar-refractivity contribution in [3.63, 3.8) is 0 Å². The van der Waals surface area contributed by atoms with Crippen LogP contribution in [0.4, 0.5) is 0 Å². The van der Waals surface area contributed by atoms with Gasteiger partial charge < -0.3 is 10.1 Å². The molecule has 0 heterocycles. The third-order valence-electron chi connectivity index (χ3n) is 3.16. The molecule has 20 heavy (non-hydrogen) atoms. The molecule has 0 saturated heterocycles. The average Bonchev–Trinajstić information content (AvgIpc) is 2.42. The van der Waals surface area contributed by atoms with Crippen LogP contribution >= 0.6 is 0 Å². The highest BCUT2D eigenvalue weighted by atomic mass is 16.5. The number of nitrogens with one attached hydrogen (secondary N) is 1. The van der Waals surface area contributed by atoms with Gasteiger partial charge in [0.25, 0.3) is 0 Å². The van der Waals surface area contributed by atoms with Crippen LogP contribution in [0.1, 0.15) is 25.0 Å². The van der Waals surface area contributed by atoms with E-state index < -0.39 is 0 Å². The van der Waals surface area contributed by atoms with E-state index in [1.165, 1.54) is 11.1 Å². The van der Waals surface area contributed by atoms with Gasteiger partial charge in [0, 0.05) is 6.54 Å². The molecular weight excluding hydrogens is 246 g/mol. The summed E-state index contributed by atoms with van der Waals surface area (Å²) in [7, 11) is 0. The van der Waals surface area contributed by atoms with Crippen LogP contribution in [0.5, 0.6) is 11.5 Å². The molecule has 0 unspecified atom stereocenters. The van der Waals surface area contributed by atoms with Crippen molar-refractivity contribution in [1.82, 2.24) is 5.32 Å². The summed E-state index contributed by atoms with van der Waals surface area (Å²) in [5, 5.41) is 3.47. The van der Waals surface area contributed by atoms with Gasteiger partial charge in [-0.3, -0.25) is 0 Å². The summed E-state index contributed by atoms with van der Waals surface area (Å²) in [5.41, 5.74) is 2.58. The Balaban J connectivity index is 1.98. The molecule has 0 aliphatic heterocycles. The van der Waals surface area contributed by atoms with Crippen LogP contribution in [0, 0.1) is 12.8 Å². The van der Waals surface area contributed by atoms with Crippen LogP contribution in [0.15, 0.2) is 48.5 Å². The first-order valence-electron chi connectivity index (χ1n) is 7.18. The Hall–Kier alpha value is -1.80. The van der Waals surface area contributed by atoms with Crippen molar-refractivity contribution in [3.05, 3.63) is 59.7 Å². The molecule has 0 amide bonds. The van der Waals surface area contributed by atoms with Crippen molar-refractivity contribution in [2.24, 2.45) is 5.92 Å². The quantitative estimate of drug-likeness (QED) is 0.831. The van der Waals surface area contributed by atoms with E-state index in [9.17, 15) is 0 Å². The van der Waals surface area contributed by atoms with Crippen LogP contribution in [-0.2, 0) is 6.54 Å². The van der Waals surface area contributed by atoms with Crippen molar-refractivity contribution in [3.8, 4) is 11.5 Å². The fourth-order valence-electron chi connectivity index (χ4n) is 2.05. The normalized spacial score (nSPS) is 10.8. The van der Waals surface area contributed by atoms with Gasteiger partial charge in [-0.25, -0.2) is 0 Å². The molecule has 0 fully saturated rings. The zero-order chi connectivity index (χ0) is 14.4. The lowest BCUT2D eigenvalue weighted by molar-refractivity contribution is 0.481. The summed E-state index contributed by atoms with van der Waals surface area (Å²) in [5.74, 6) is 2.44. The maximum absolute atomic E-state index is 5.84. The Labute approximate surface area is 121 Å². The zero-order valence-corrected chi connectivity index (χ0v) is 12.5. The lowest BCUT2D eigenvalue weighted by Crippen LogP contribution is -2.19. The number of hydrogen-bond acceptors (Lipinski definition) is 2. The molecule has 0 spiro atoms. The van der Waals surface area contributed by atoms with E-state index in [2.05, 4.69) is 38.2 Å². The molecule has 2 nitrogen and oxygen atoms in total. The second kappa shape index (κ2) is 7.11. The first kappa shape index (κ1) is 14.6. The molecule has 2 rings (SSSR count). The summed E-state index contributed by atoms with van der Waals surface area (Å²) in [6.45, 7) is 8.52. The fraction of sp³-hybridized carbons (Fsp3) is 0.333. The third kappa shape index (κ3) is 4.39. The third-order valence-corrected chi connectivity index (χ3v) is 3.16. The Kier molecular flexibility index (Phi) is 5.19. The monoisotopic (exact) mass is 269 g/mol. The average molecular weight is 269 g/mol. The number of hydrogen-bond donors (Lipinski definition) is 1. The summed E-state index contributed by atoms with van der Waals surface area (Å²) < 4.78 is 5.84. The highest BCUT2D eigenvalue weighted by Gasteiger charge is 2.02. The molecule has 2 aromatic carbocycles. The predicted molar refractivity (Wildman–Crippen MR) is 84.2 cm³/mol. The summed E-state index contributed by atoms with van der Waals surface area (Å²) in [6, 6.07) is 16.1. The number of aryl methyl sites for hydroxylation is 1. The van der Waals surface area contributed by atoms with E-state index in [1.54, 1.807) is 0 Å². The predicted octanol–water partition coefficient (Wildman–Crippen LogP) is 4.53.